The maximum Gasteiger partial charge on any atom is 0.303 e. The van der Waals surface area contributed by atoms with Crippen molar-refractivity contribution < 1.29 is 27.9 Å². The summed E-state index contributed by atoms with van der Waals surface area (Å²) in [7, 11) is 0. The molecule has 2 amide bonds. The van der Waals surface area contributed by atoms with Crippen molar-refractivity contribution in [1.29, 1.82) is 0 Å². The van der Waals surface area contributed by atoms with Gasteiger partial charge in [-0.15, -0.1) is 10.2 Å². The van der Waals surface area contributed by atoms with E-state index in [0.29, 0.717) is 47.2 Å². The number of rotatable bonds is 9. The lowest BCUT2D eigenvalue weighted by atomic mass is 9.85. The van der Waals surface area contributed by atoms with Crippen molar-refractivity contribution in [3.05, 3.63) is 78.1 Å². The standard InChI is InChI=1S/C33H33FN8O5/c1-19(43)46-18-29-38-40-42(39-29)30(20-5-3-2-4-6-20)21-10-13-41(14-11-21)33(45)27-15-22(9-12-35-27)32-37-26-16-23(7-8-28(26)47-32)36-31(44)24-17-25(24)34/h2-9,12,15-16,21,24-25,30,40H,10-11,13-14,17-18H2,1H3,(H,36,44)(H,38,39)/t24-,25+,30?/m1/s1. The number of alkyl halides is 1. The number of hydrazine groups is 2. The summed E-state index contributed by atoms with van der Waals surface area (Å²) in [4.78, 5) is 47.7. The number of halogens is 1. The molecular formula is C33H33FN8O5. The van der Waals surface area contributed by atoms with Crippen LogP contribution in [0.4, 0.5) is 10.1 Å². The van der Waals surface area contributed by atoms with E-state index in [4.69, 9.17) is 9.15 Å². The Morgan fingerprint density at radius 2 is 1.89 bits per heavy atom. The first kappa shape index (κ1) is 30.3. The van der Waals surface area contributed by atoms with Crippen LogP contribution in [0, 0.1) is 11.8 Å². The molecule has 2 aromatic carbocycles. The zero-order valence-electron chi connectivity index (χ0n) is 25.6. The van der Waals surface area contributed by atoms with E-state index in [2.05, 4.69) is 43.5 Å². The van der Waals surface area contributed by atoms with Gasteiger partial charge in [0.1, 0.15) is 17.4 Å². The highest BCUT2D eigenvalue weighted by Gasteiger charge is 2.43. The van der Waals surface area contributed by atoms with Gasteiger partial charge in [0.2, 0.25) is 11.8 Å². The number of esters is 1. The van der Waals surface area contributed by atoms with E-state index >= 15 is 0 Å². The number of pyridine rings is 1. The molecule has 4 heterocycles. The highest BCUT2D eigenvalue weighted by molar-refractivity contribution is 5.96. The first-order chi connectivity index (χ1) is 22.8. The largest absolute Gasteiger partial charge is 0.458 e. The fourth-order valence-corrected chi connectivity index (χ4v) is 6.01. The minimum Gasteiger partial charge on any atom is -0.458 e. The van der Waals surface area contributed by atoms with Crippen LogP contribution in [0.3, 0.4) is 0 Å². The van der Waals surface area contributed by atoms with Gasteiger partial charge in [-0.2, -0.15) is 0 Å². The summed E-state index contributed by atoms with van der Waals surface area (Å²) in [6, 6.07) is 18.4. The van der Waals surface area contributed by atoms with E-state index in [-0.39, 0.29) is 48.5 Å². The molecule has 2 fully saturated rings. The second-order valence-corrected chi connectivity index (χ2v) is 11.9. The van der Waals surface area contributed by atoms with Gasteiger partial charge in [-0.05, 0) is 61.1 Å². The number of piperidine rings is 1. The fraction of sp³-hybridized carbons (Fsp3) is 0.333. The van der Waals surface area contributed by atoms with Gasteiger partial charge in [-0.25, -0.2) is 14.9 Å². The van der Waals surface area contributed by atoms with Crippen LogP contribution in [0.25, 0.3) is 22.6 Å². The molecule has 1 unspecified atom stereocenters. The molecule has 2 aliphatic heterocycles. The number of likely N-dealkylation sites (tertiary alicyclic amines) is 1. The van der Waals surface area contributed by atoms with Crippen LogP contribution in [0.5, 0.6) is 0 Å². The van der Waals surface area contributed by atoms with Gasteiger partial charge in [0.05, 0.1) is 12.0 Å². The Hall–Kier alpha value is -5.37. The summed E-state index contributed by atoms with van der Waals surface area (Å²) in [5, 5.41) is 8.83. The average Bonchev–Trinajstić information content (AvgIpc) is 3.43. The van der Waals surface area contributed by atoms with E-state index in [1.807, 2.05) is 23.3 Å². The summed E-state index contributed by atoms with van der Waals surface area (Å²) < 4.78 is 24.3. The molecule has 0 spiro atoms. The molecule has 0 bridgehead atoms. The Morgan fingerprint density at radius 3 is 2.64 bits per heavy atom. The van der Waals surface area contributed by atoms with Gasteiger partial charge >= 0.3 is 5.97 Å². The average molecular weight is 641 g/mol. The van der Waals surface area contributed by atoms with Crippen molar-refractivity contribution in [3.63, 3.8) is 0 Å². The monoisotopic (exact) mass is 640 g/mol. The number of benzene rings is 2. The van der Waals surface area contributed by atoms with Crippen molar-refractivity contribution in [2.45, 2.75) is 38.4 Å². The van der Waals surface area contributed by atoms with Crippen LogP contribution in [0.1, 0.15) is 48.3 Å². The number of ether oxygens (including phenoxy) is 1. The van der Waals surface area contributed by atoms with Crippen molar-refractivity contribution in [2.24, 2.45) is 16.9 Å². The molecule has 242 valence electrons. The van der Waals surface area contributed by atoms with E-state index < -0.39 is 12.1 Å². The second-order valence-electron chi connectivity index (χ2n) is 11.9. The second kappa shape index (κ2) is 12.8. The van der Waals surface area contributed by atoms with Gasteiger partial charge in [-0.3, -0.25) is 24.8 Å². The van der Waals surface area contributed by atoms with E-state index in [1.54, 1.807) is 41.4 Å². The van der Waals surface area contributed by atoms with Crippen LogP contribution in [-0.2, 0) is 14.3 Å². The number of amides is 2. The van der Waals surface area contributed by atoms with Gasteiger partial charge in [0.25, 0.3) is 5.91 Å². The number of anilines is 1. The molecule has 7 rings (SSSR count). The van der Waals surface area contributed by atoms with Crippen LogP contribution in [0.2, 0.25) is 0 Å². The molecule has 3 N–H and O–H groups in total. The molecule has 3 aliphatic rings. The van der Waals surface area contributed by atoms with Crippen LogP contribution in [0.15, 0.2) is 76.4 Å². The quantitative estimate of drug-likeness (QED) is 0.229. The summed E-state index contributed by atoms with van der Waals surface area (Å²) in [5.41, 5.74) is 9.74. The van der Waals surface area contributed by atoms with Crippen LogP contribution in [-0.4, -0.2) is 69.5 Å². The Bertz CT molecular complexity index is 1840. The maximum absolute atomic E-state index is 13.6. The lowest BCUT2D eigenvalue weighted by molar-refractivity contribution is -0.139. The molecular weight excluding hydrogens is 607 g/mol. The third-order valence-electron chi connectivity index (χ3n) is 8.58. The van der Waals surface area contributed by atoms with Crippen LogP contribution < -0.4 is 16.3 Å². The van der Waals surface area contributed by atoms with E-state index in [1.165, 1.54) is 6.92 Å². The first-order valence-corrected chi connectivity index (χ1v) is 15.5. The number of carbonyl (C=O) groups is 3. The minimum absolute atomic E-state index is 0.0322. The molecule has 0 radical (unpaired) electrons. The zero-order valence-corrected chi connectivity index (χ0v) is 25.6. The van der Waals surface area contributed by atoms with Gasteiger partial charge in [0, 0.05) is 37.5 Å². The summed E-state index contributed by atoms with van der Waals surface area (Å²) in [5.74, 6) is -0.515. The van der Waals surface area contributed by atoms with Crippen molar-refractivity contribution in [2.75, 3.05) is 25.0 Å². The van der Waals surface area contributed by atoms with Gasteiger partial charge in [0.15, 0.2) is 18.0 Å². The maximum atomic E-state index is 13.6. The number of fused-ring (bicyclic) bond motifs is 1. The topological polar surface area (TPSA) is 154 Å². The molecule has 13 nitrogen and oxygen atoms in total. The molecule has 3 atom stereocenters. The molecule has 1 aliphatic carbocycles. The highest BCUT2D eigenvalue weighted by Crippen LogP contribution is 2.36. The third kappa shape index (κ3) is 6.63. The lowest BCUT2D eigenvalue weighted by Crippen LogP contribution is -2.50. The predicted octanol–water partition coefficient (Wildman–Crippen LogP) is 3.98. The van der Waals surface area contributed by atoms with Crippen molar-refractivity contribution >= 4 is 40.4 Å². The van der Waals surface area contributed by atoms with Crippen molar-refractivity contribution in [1.82, 2.24) is 30.9 Å². The zero-order chi connectivity index (χ0) is 32.5. The van der Waals surface area contributed by atoms with Gasteiger partial charge in [-0.1, -0.05) is 30.3 Å². The number of hydrazone groups is 1. The number of nitrogens with zero attached hydrogens (tertiary/aromatic N) is 5. The smallest absolute Gasteiger partial charge is 0.303 e. The van der Waals surface area contributed by atoms with E-state index in [0.717, 1.165) is 18.4 Å². The Morgan fingerprint density at radius 1 is 1.11 bits per heavy atom. The molecule has 1 saturated heterocycles. The lowest BCUT2D eigenvalue weighted by Gasteiger charge is -2.39. The Kier molecular flexibility index (Phi) is 8.24. The summed E-state index contributed by atoms with van der Waals surface area (Å²) >= 11 is 0. The van der Waals surface area contributed by atoms with Crippen LogP contribution >= 0.6 is 0 Å². The fourth-order valence-electron chi connectivity index (χ4n) is 6.01. The number of nitrogens with one attached hydrogen (secondary N) is 3. The number of oxazole rings is 1. The predicted molar refractivity (Wildman–Crippen MR) is 169 cm³/mol. The SMILES string of the molecule is CC(=O)OCC1=NNN(C(c2ccccc2)C2CCN(C(=O)c3cc(-c4nc5cc(NC(=O)[C@@H]6C[C@@H]6F)ccc5o4)ccn3)CC2)N1. The minimum atomic E-state index is -1.08. The first-order valence-electron chi connectivity index (χ1n) is 15.5. The summed E-state index contributed by atoms with van der Waals surface area (Å²) in [6.07, 6.45) is 2.21. The number of aromatic nitrogens is 2. The number of amidine groups is 1. The molecule has 1 saturated carbocycles. The molecule has 47 heavy (non-hydrogen) atoms. The Labute approximate surface area is 269 Å². The molecule has 14 heteroatoms. The number of hydrogen-bond acceptors (Lipinski definition) is 11. The Balaban J connectivity index is 1.01. The molecule has 4 aromatic rings. The normalized spacial score (nSPS) is 20.2. The van der Waals surface area contributed by atoms with Gasteiger partial charge < -0.3 is 19.4 Å². The molecule has 2 aromatic heterocycles. The summed E-state index contributed by atoms with van der Waals surface area (Å²) in [6.45, 7) is 2.46. The third-order valence-corrected chi connectivity index (χ3v) is 8.58. The number of hydrogen-bond donors (Lipinski definition) is 3. The highest BCUT2D eigenvalue weighted by atomic mass is 19.1. The number of carbonyl (C=O) groups excluding carboxylic acids is 3. The van der Waals surface area contributed by atoms with E-state index in [9.17, 15) is 18.8 Å². The van der Waals surface area contributed by atoms with Crippen molar-refractivity contribution in [3.8, 4) is 11.5 Å².